The van der Waals surface area contributed by atoms with Crippen molar-refractivity contribution < 1.29 is 8.84 Å². The lowest BCUT2D eigenvalue weighted by Gasteiger charge is -1.96. The van der Waals surface area contributed by atoms with E-state index in [4.69, 9.17) is 8.84 Å². The highest BCUT2D eigenvalue weighted by molar-refractivity contribution is 5.97. The van der Waals surface area contributed by atoms with Crippen molar-refractivity contribution in [1.82, 2.24) is 0 Å². The molecule has 0 aliphatic heterocycles. The van der Waals surface area contributed by atoms with Gasteiger partial charge >= 0.3 is 0 Å². The standard InChI is InChI=1S/C8H11O2Si/c11-10-7-2-1-4-8-5-3-6-9-8/h3,5-6H,1-2,4,7H2. The van der Waals surface area contributed by atoms with Crippen LogP contribution in [0.1, 0.15) is 18.6 Å². The summed E-state index contributed by atoms with van der Waals surface area (Å²) in [6.45, 7) is 0.762. The number of hydrogen-bond donors (Lipinski definition) is 0. The van der Waals surface area contributed by atoms with Crippen LogP contribution >= 0.6 is 0 Å². The number of aryl methyl sites for hydroxylation is 1. The van der Waals surface area contributed by atoms with Gasteiger partial charge < -0.3 is 8.84 Å². The Labute approximate surface area is 70.1 Å². The Bertz CT molecular complexity index is 172. The predicted molar refractivity (Wildman–Crippen MR) is 43.4 cm³/mol. The van der Waals surface area contributed by atoms with Crippen LogP contribution in [0.2, 0.25) is 0 Å². The van der Waals surface area contributed by atoms with E-state index in [1.807, 2.05) is 12.1 Å². The predicted octanol–water partition coefficient (Wildman–Crippen LogP) is 1.70. The third-order valence-electron chi connectivity index (χ3n) is 1.50. The lowest BCUT2D eigenvalue weighted by atomic mass is 10.2. The van der Waals surface area contributed by atoms with E-state index in [0.29, 0.717) is 0 Å². The Morgan fingerprint density at radius 3 is 3.00 bits per heavy atom. The van der Waals surface area contributed by atoms with Gasteiger partial charge in [-0.25, -0.2) is 0 Å². The number of furan rings is 1. The van der Waals surface area contributed by atoms with Gasteiger partial charge in [0.1, 0.15) is 5.76 Å². The molecule has 11 heavy (non-hydrogen) atoms. The number of hydrogen-bond acceptors (Lipinski definition) is 2. The highest BCUT2D eigenvalue weighted by Gasteiger charge is 1.93. The summed E-state index contributed by atoms with van der Waals surface area (Å²) in [6, 6.07) is 3.91. The van der Waals surface area contributed by atoms with Crippen LogP contribution in [-0.4, -0.2) is 17.1 Å². The van der Waals surface area contributed by atoms with Gasteiger partial charge in [-0.05, 0) is 25.0 Å². The molecule has 0 atom stereocenters. The summed E-state index contributed by atoms with van der Waals surface area (Å²) in [5.74, 6) is 1.05. The van der Waals surface area contributed by atoms with E-state index in [0.717, 1.165) is 31.6 Å². The molecule has 3 radical (unpaired) electrons. The molecule has 1 rings (SSSR count). The summed E-state index contributed by atoms with van der Waals surface area (Å²) in [5, 5.41) is 0. The second-order valence-corrected chi connectivity index (χ2v) is 2.67. The van der Waals surface area contributed by atoms with Crippen LogP contribution in [0.15, 0.2) is 22.8 Å². The maximum absolute atomic E-state index is 5.16. The summed E-state index contributed by atoms with van der Waals surface area (Å²) in [7, 11) is 2.95. The molecule has 0 unspecified atom stereocenters. The van der Waals surface area contributed by atoms with Crippen LogP contribution in [0.5, 0.6) is 0 Å². The van der Waals surface area contributed by atoms with E-state index in [-0.39, 0.29) is 0 Å². The quantitative estimate of drug-likeness (QED) is 0.492. The smallest absolute Gasteiger partial charge is 0.246 e. The van der Waals surface area contributed by atoms with Crippen LogP contribution in [0.3, 0.4) is 0 Å². The van der Waals surface area contributed by atoms with Gasteiger partial charge in [0.15, 0.2) is 0 Å². The topological polar surface area (TPSA) is 22.4 Å². The van der Waals surface area contributed by atoms with Crippen molar-refractivity contribution in [3.8, 4) is 0 Å². The molecule has 0 aliphatic rings. The fourth-order valence-corrected chi connectivity index (χ4v) is 1.07. The molecule has 1 aromatic rings. The van der Waals surface area contributed by atoms with E-state index >= 15 is 0 Å². The fourth-order valence-electron chi connectivity index (χ4n) is 0.928. The normalized spacial score (nSPS) is 10.3. The molecule has 0 bridgehead atoms. The van der Waals surface area contributed by atoms with Crippen molar-refractivity contribution in [2.45, 2.75) is 19.3 Å². The summed E-state index contributed by atoms with van der Waals surface area (Å²) in [6.07, 6.45) is 4.88. The average molecular weight is 167 g/mol. The van der Waals surface area contributed by atoms with E-state index < -0.39 is 0 Å². The summed E-state index contributed by atoms with van der Waals surface area (Å²) in [5.41, 5.74) is 0. The molecular formula is C8H11O2Si. The molecule has 59 valence electrons. The van der Waals surface area contributed by atoms with Crippen LogP contribution < -0.4 is 0 Å². The van der Waals surface area contributed by atoms with Gasteiger partial charge in [-0.3, -0.25) is 0 Å². The molecule has 0 amide bonds. The maximum atomic E-state index is 5.16. The van der Waals surface area contributed by atoms with Crippen molar-refractivity contribution in [3.63, 3.8) is 0 Å². The average Bonchev–Trinajstić information content (AvgIpc) is 2.50. The second-order valence-electron chi connectivity index (χ2n) is 2.38. The molecule has 0 spiro atoms. The molecule has 0 N–H and O–H groups in total. The minimum Gasteiger partial charge on any atom is -0.469 e. The Morgan fingerprint density at radius 1 is 1.45 bits per heavy atom. The molecule has 0 aliphatic carbocycles. The molecule has 3 heteroatoms. The van der Waals surface area contributed by atoms with Gasteiger partial charge in [0.25, 0.3) is 0 Å². The van der Waals surface area contributed by atoms with Crippen LogP contribution in [0.25, 0.3) is 0 Å². The van der Waals surface area contributed by atoms with Gasteiger partial charge in [0.05, 0.1) is 6.26 Å². The molecule has 2 nitrogen and oxygen atoms in total. The zero-order valence-electron chi connectivity index (χ0n) is 6.38. The molecule has 0 saturated carbocycles. The molecule has 0 aromatic carbocycles. The zero-order valence-corrected chi connectivity index (χ0v) is 7.38. The highest BCUT2D eigenvalue weighted by Crippen LogP contribution is 2.04. The summed E-state index contributed by atoms with van der Waals surface area (Å²) in [4.78, 5) is 0. The Kier molecular flexibility index (Phi) is 4.01. The van der Waals surface area contributed by atoms with Gasteiger partial charge in [-0.2, -0.15) is 0 Å². The molecule has 0 saturated heterocycles. The van der Waals surface area contributed by atoms with Crippen LogP contribution in [-0.2, 0) is 10.8 Å². The number of unbranched alkanes of at least 4 members (excludes halogenated alkanes) is 1. The highest BCUT2D eigenvalue weighted by atomic mass is 28.2. The zero-order chi connectivity index (χ0) is 7.94. The van der Waals surface area contributed by atoms with Gasteiger partial charge in [-0.15, -0.1) is 0 Å². The molecule has 1 aromatic heterocycles. The molecule has 1 heterocycles. The summed E-state index contributed by atoms with van der Waals surface area (Å²) >= 11 is 0. The first kappa shape index (κ1) is 8.55. The SMILES string of the molecule is [Si]OCCCCc1ccco1. The lowest BCUT2D eigenvalue weighted by Crippen LogP contribution is -1.90. The van der Waals surface area contributed by atoms with Crippen molar-refractivity contribution >= 4 is 10.5 Å². The Hall–Kier alpha value is -0.543. The van der Waals surface area contributed by atoms with E-state index in [1.165, 1.54) is 0 Å². The van der Waals surface area contributed by atoms with Gasteiger partial charge in [0.2, 0.25) is 10.5 Å². The minimum absolute atomic E-state index is 0.762. The van der Waals surface area contributed by atoms with Gasteiger partial charge in [0, 0.05) is 13.0 Å². The first-order valence-corrected chi connectivity index (χ1v) is 4.15. The fraction of sp³-hybridized carbons (Fsp3) is 0.500. The van der Waals surface area contributed by atoms with Crippen molar-refractivity contribution in [2.24, 2.45) is 0 Å². The Balaban J connectivity index is 2.04. The first-order chi connectivity index (χ1) is 5.43. The van der Waals surface area contributed by atoms with Crippen LogP contribution in [0, 0.1) is 0 Å². The van der Waals surface area contributed by atoms with E-state index in [1.54, 1.807) is 6.26 Å². The van der Waals surface area contributed by atoms with Crippen molar-refractivity contribution in [1.29, 1.82) is 0 Å². The van der Waals surface area contributed by atoms with E-state index in [2.05, 4.69) is 10.5 Å². The maximum Gasteiger partial charge on any atom is 0.246 e. The molecular weight excluding hydrogens is 156 g/mol. The van der Waals surface area contributed by atoms with Gasteiger partial charge in [-0.1, -0.05) is 0 Å². The Morgan fingerprint density at radius 2 is 2.36 bits per heavy atom. The summed E-state index contributed by atoms with van der Waals surface area (Å²) < 4.78 is 9.90. The van der Waals surface area contributed by atoms with Crippen molar-refractivity contribution in [3.05, 3.63) is 24.2 Å². The van der Waals surface area contributed by atoms with E-state index in [9.17, 15) is 0 Å². The van der Waals surface area contributed by atoms with Crippen molar-refractivity contribution in [2.75, 3.05) is 6.61 Å². The largest absolute Gasteiger partial charge is 0.469 e. The first-order valence-electron chi connectivity index (χ1n) is 3.74. The second kappa shape index (κ2) is 5.15. The number of rotatable bonds is 5. The third-order valence-corrected chi connectivity index (χ3v) is 1.70. The monoisotopic (exact) mass is 167 g/mol. The minimum atomic E-state index is 0.762. The van der Waals surface area contributed by atoms with Crippen LogP contribution in [0.4, 0.5) is 0 Å². The third kappa shape index (κ3) is 3.39. The lowest BCUT2D eigenvalue weighted by molar-refractivity contribution is 0.333. The molecule has 0 fully saturated rings.